The normalized spacial score (nSPS) is 16.0. The molecule has 0 radical (unpaired) electrons. The highest BCUT2D eigenvalue weighted by Crippen LogP contribution is 2.40. The van der Waals surface area contributed by atoms with Crippen molar-refractivity contribution in [1.29, 1.82) is 0 Å². The number of hydrogen-bond acceptors (Lipinski definition) is 3. The van der Waals surface area contributed by atoms with Crippen molar-refractivity contribution >= 4 is 11.0 Å². The van der Waals surface area contributed by atoms with Crippen molar-refractivity contribution in [3.8, 4) is 11.1 Å². The largest absolute Gasteiger partial charge is 0.417 e. The number of rotatable bonds is 3. The number of aliphatic hydroxyl groups excluding tert-OH is 1. The number of fused-ring (bicyclic) bond motifs is 1. The first-order valence-electron chi connectivity index (χ1n) is 8.95. The average molecular weight is 394 g/mol. The van der Waals surface area contributed by atoms with Crippen molar-refractivity contribution in [1.82, 2.24) is 9.55 Å². The smallest absolute Gasteiger partial charge is 0.388 e. The number of alkyl halides is 3. The van der Waals surface area contributed by atoms with Crippen LogP contribution in [0.4, 0.5) is 17.6 Å². The maximum absolute atomic E-state index is 13.7. The van der Waals surface area contributed by atoms with Gasteiger partial charge in [0.05, 0.1) is 16.6 Å². The van der Waals surface area contributed by atoms with E-state index in [1.807, 2.05) is 4.57 Å². The number of benzene rings is 2. The van der Waals surface area contributed by atoms with E-state index in [0.29, 0.717) is 37.4 Å². The van der Waals surface area contributed by atoms with Gasteiger partial charge in [-0.2, -0.15) is 13.2 Å². The highest BCUT2D eigenvalue weighted by molar-refractivity contribution is 5.85. The standard InChI is InChI=1S/C20H18F4N2O2/c21-13-3-1-12(2-4-13)15-9-18-17(10-16(15)20(22,23)24)25-19(11-27)26(18)14-5-7-28-8-6-14/h1-4,9-10,14,27H,5-8,11H2. The maximum Gasteiger partial charge on any atom is 0.417 e. The third-order valence-electron chi connectivity index (χ3n) is 5.06. The van der Waals surface area contributed by atoms with E-state index < -0.39 is 17.6 Å². The summed E-state index contributed by atoms with van der Waals surface area (Å²) in [7, 11) is 0. The zero-order valence-corrected chi connectivity index (χ0v) is 14.8. The van der Waals surface area contributed by atoms with Crippen LogP contribution in [0, 0.1) is 5.82 Å². The molecule has 0 bridgehead atoms. The van der Waals surface area contributed by atoms with Gasteiger partial charge in [0.2, 0.25) is 0 Å². The number of aromatic nitrogens is 2. The number of ether oxygens (including phenoxy) is 1. The van der Waals surface area contributed by atoms with E-state index in [-0.39, 0.29) is 29.3 Å². The zero-order valence-electron chi connectivity index (χ0n) is 14.8. The summed E-state index contributed by atoms with van der Waals surface area (Å²) in [5, 5.41) is 9.72. The topological polar surface area (TPSA) is 47.3 Å². The Bertz CT molecular complexity index is 990. The Labute approximate surface area is 158 Å². The molecular weight excluding hydrogens is 376 g/mol. The molecule has 1 aliphatic heterocycles. The Morgan fingerprint density at radius 3 is 2.39 bits per heavy atom. The van der Waals surface area contributed by atoms with Gasteiger partial charge in [-0.1, -0.05) is 12.1 Å². The molecule has 0 aliphatic carbocycles. The van der Waals surface area contributed by atoms with E-state index in [2.05, 4.69) is 4.98 Å². The monoisotopic (exact) mass is 394 g/mol. The quantitative estimate of drug-likeness (QED) is 0.655. The third-order valence-corrected chi connectivity index (χ3v) is 5.06. The van der Waals surface area contributed by atoms with E-state index in [4.69, 9.17) is 4.74 Å². The van der Waals surface area contributed by atoms with Crippen molar-refractivity contribution < 1.29 is 27.4 Å². The van der Waals surface area contributed by atoms with Crippen LogP contribution >= 0.6 is 0 Å². The molecular formula is C20H18F4N2O2. The van der Waals surface area contributed by atoms with Crippen LogP contribution in [0.3, 0.4) is 0 Å². The molecule has 2 aromatic carbocycles. The number of aliphatic hydroxyl groups is 1. The van der Waals surface area contributed by atoms with Crippen LogP contribution in [0.5, 0.6) is 0 Å². The summed E-state index contributed by atoms with van der Waals surface area (Å²) in [6, 6.07) is 7.35. The Hall–Kier alpha value is -2.45. The number of imidazole rings is 1. The molecule has 0 unspecified atom stereocenters. The average Bonchev–Trinajstić information content (AvgIpc) is 3.05. The predicted molar refractivity (Wildman–Crippen MR) is 95.1 cm³/mol. The molecule has 8 heteroatoms. The first-order chi connectivity index (χ1) is 13.4. The second-order valence-corrected chi connectivity index (χ2v) is 6.79. The molecule has 1 N–H and O–H groups in total. The highest BCUT2D eigenvalue weighted by atomic mass is 19.4. The molecule has 2 heterocycles. The van der Waals surface area contributed by atoms with E-state index >= 15 is 0 Å². The summed E-state index contributed by atoms with van der Waals surface area (Å²) in [5.74, 6) is -0.195. The lowest BCUT2D eigenvalue weighted by Gasteiger charge is -2.25. The molecule has 0 atom stereocenters. The number of nitrogens with zero attached hydrogens (tertiary/aromatic N) is 2. The van der Waals surface area contributed by atoms with E-state index in [0.717, 1.165) is 18.2 Å². The molecule has 1 aliphatic rings. The van der Waals surface area contributed by atoms with Crippen LogP contribution in [-0.4, -0.2) is 27.9 Å². The van der Waals surface area contributed by atoms with Gasteiger partial charge >= 0.3 is 6.18 Å². The zero-order chi connectivity index (χ0) is 19.9. The lowest BCUT2D eigenvalue weighted by Crippen LogP contribution is -2.21. The molecule has 4 nitrogen and oxygen atoms in total. The summed E-state index contributed by atoms with van der Waals surface area (Å²) >= 11 is 0. The fraction of sp³-hybridized carbons (Fsp3) is 0.350. The van der Waals surface area contributed by atoms with Crippen molar-refractivity contribution in [3.05, 3.63) is 53.6 Å². The van der Waals surface area contributed by atoms with Crippen molar-refractivity contribution in [3.63, 3.8) is 0 Å². The number of halogens is 4. The molecule has 28 heavy (non-hydrogen) atoms. The molecule has 0 saturated carbocycles. The van der Waals surface area contributed by atoms with Gasteiger partial charge in [-0.05, 0) is 48.2 Å². The molecule has 0 amide bonds. The highest BCUT2D eigenvalue weighted by Gasteiger charge is 2.35. The van der Waals surface area contributed by atoms with Crippen LogP contribution in [0.2, 0.25) is 0 Å². The minimum absolute atomic E-state index is 0.0151. The van der Waals surface area contributed by atoms with Crippen molar-refractivity contribution in [2.75, 3.05) is 13.2 Å². The summed E-state index contributed by atoms with van der Waals surface area (Å²) < 4.78 is 61.6. The van der Waals surface area contributed by atoms with Crippen molar-refractivity contribution in [2.45, 2.75) is 31.7 Å². The molecule has 3 aromatic rings. The maximum atomic E-state index is 13.7. The predicted octanol–water partition coefficient (Wildman–Crippen LogP) is 4.71. The van der Waals surface area contributed by atoms with Gasteiger partial charge in [-0.25, -0.2) is 9.37 Å². The van der Waals surface area contributed by atoms with E-state index in [1.54, 1.807) is 0 Å². The van der Waals surface area contributed by atoms with Gasteiger partial charge in [0, 0.05) is 19.3 Å². The minimum Gasteiger partial charge on any atom is -0.388 e. The number of hydrogen-bond donors (Lipinski definition) is 1. The summed E-state index contributed by atoms with van der Waals surface area (Å²) in [4.78, 5) is 4.24. The molecule has 148 valence electrons. The minimum atomic E-state index is -4.60. The lowest BCUT2D eigenvalue weighted by molar-refractivity contribution is -0.137. The van der Waals surface area contributed by atoms with Crippen LogP contribution in [0.25, 0.3) is 22.2 Å². The fourth-order valence-electron chi connectivity index (χ4n) is 3.76. The Balaban J connectivity index is 1.96. The van der Waals surface area contributed by atoms with Crippen molar-refractivity contribution in [2.24, 2.45) is 0 Å². The molecule has 4 rings (SSSR count). The first kappa shape index (κ1) is 18.9. The van der Waals surface area contributed by atoms with Crippen LogP contribution in [0.1, 0.15) is 30.3 Å². The summed E-state index contributed by atoms with van der Waals surface area (Å²) in [5.41, 5.74) is 0.0725. The van der Waals surface area contributed by atoms with Gasteiger partial charge < -0.3 is 14.4 Å². The van der Waals surface area contributed by atoms with Crippen LogP contribution < -0.4 is 0 Å². The molecule has 1 fully saturated rings. The second kappa shape index (κ2) is 7.18. The van der Waals surface area contributed by atoms with Gasteiger partial charge in [-0.15, -0.1) is 0 Å². The molecule has 1 aromatic heterocycles. The van der Waals surface area contributed by atoms with E-state index in [1.165, 1.54) is 18.2 Å². The third kappa shape index (κ3) is 3.38. The van der Waals surface area contributed by atoms with Gasteiger partial charge in [0.1, 0.15) is 18.2 Å². The molecule has 1 saturated heterocycles. The van der Waals surface area contributed by atoms with E-state index in [9.17, 15) is 22.7 Å². The Kier molecular flexibility index (Phi) is 4.84. The second-order valence-electron chi connectivity index (χ2n) is 6.79. The van der Waals surface area contributed by atoms with Gasteiger partial charge in [0.25, 0.3) is 0 Å². The Morgan fingerprint density at radius 1 is 1.11 bits per heavy atom. The van der Waals surface area contributed by atoms with Gasteiger partial charge in [-0.3, -0.25) is 0 Å². The van der Waals surface area contributed by atoms with Crippen LogP contribution in [0.15, 0.2) is 36.4 Å². The lowest BCUT2D eigenvalue weighted by atomic mass is 9.98. The molecule has 0 spiro atoms. The summed E-state index contributed by atoms with van der Waals surface area (Å²) in [6.07, 6.45) is -3.23. The SMILES string of the molecule is OCc1nc2cc(C(F)(F)F)c(-c3ccc(F)cc3)cc2n1C1CCOCC1. The Morgan fingerprint density at radius 2 is 1.79 bits per heavy atom. The first-order valence-corrected chi connectivity index (χ1v) is 8.95. The fourth-order valence-corrected chi connectivity index (χ4v) is 3.76. The van der Waals surface area contributed by atoms with Crippen LogP contribution in [-0.2, 0) is 17.5 Å². The summed E-state index contributed by atoms with van der Waals surface area (Å²) in [6.45, 7) is 0.709. The van der Waals surface area contributed by atoms with Gasteiger partial charge in [0.15, 0.2) is 0 Å².